The number of nitrogens with two attached hydrogens (primary N) is 1. The molecule has 1 atom stereocenters. The SMILES string of the molecule is CC(C)(C)COc1ccc2c(c1)[C@]1(COC(N)=N1)c1cc(-c3cccs3)ccc1O2. The van der Waals surface area contributed by atoms with Gasteiger partial charge in [-0.2, -0.15) is 0 Å². The van der Waals surface area contributed by atoms with Crippen LogP contribution in [0, 0.1) is 5.41 Å². The minimum atomic E-state index is -0.749. The van der Waals surface area contributed by atoms with Gasteiger partial charge in [-0.1, -0.05) is 26.8 Å². The molecule has 0 saturated carbocycles. The van der Waals surface area contributed by atoms with E-state index in [0.29, 0.717) is 13.2 Å². The van der Waals surface area contributed by atoms with Crippen LogP contribution in [0.2, 0.25) is 0 Å². The molecule has 6 heteroatoms. The van der Waals surface area contributed by atoms with Crippen LogP contribution < -0.4 is 15.2 Å². The molecule has 5 nitrogen and oxygen atoms in total. The molecule has 0 aliphatic carbocycles. The quantitative estimate of drug-likeness (QED) is 0.605. The number of nitrogens with zero attached hydrogens (tertiary/aromatic N) is 1. The molecule has 0 bridgehead atoms. The summed E-state index contributed by atoms with van der Waals surface area (Å²) in [7, 11) is 0. The highest BCUT2D eigenvalue weighted by atomic mass is 32.1. The summed E-state index contributed by atoms with van der Waals surface area (Å²) in [6, 6.07) is 16.5. The van der Waals surface area contributed by atoms with Crippen molar-refractivity contribution in [3.63, 3.8) is 0 Å². The molecule has 2 aromatic carbocycles. The molecular weight excluding hydrogens is 396 g/mol. The molecule has 1 spiro atoms. The van der Waals surface area contributed by atoms with Gasteiger partial charge in [-0.15, -0.1) is 11.3 Å². The molecule has 0 fully saturated rings. The first-order valence-electron chi connectivity index (χ1n) is 9.96. The Bertz CT molecular complexity index is 1130. The number of fused-ring (bicyclic) bond motifs is 4. The summed E-state index contributed by atoms with van der Waals surface area (Å²) in [5, 5.41) is 2.07. The molecule has 3 aromatic rings. The average molecular weight is 421 g/mol. The zero-order chi connectivity index (χ0) is 20.9. The number of hydrogen-bond acceptors (Lipinski definition) is 6. The molecule has 0 saturated heterocycles. The van der Waals surface area contributed by atoms with Crippen LogP contribution in [0.15, 0.2) is 58.9 Å². The van der Waals surface area contributed by atoms with Crippen molar-refractivity contribution in [3.8, 4) is 27.7 Å². The van der Waals surface area contributed by atoms with E-state index in [4.69, 9.17) is 24.9 Å². The molecule has 2 N–H and O–H groups in total. The maximum atomic E-state index is 6.25. The van der Waals surface area contributed by atoms with Crippen LogP contribution >= 0.6 is 11.3 Å². The van der Waals surface area contributed by atoms with E-state index in [1.165, 1.54) is 4.88 Å². The molecular formula is C24H24N2O3S. The Labute approximate surface area is 180 Å². The Hall–Kier alpha value is -2.99. The van der Waals surface area contributed by atoms with E-state index in [0.717, 1.165) is 33.9 Å². The molecule has 2 aliphatic heterocycles. The highest BCUT2D eigenvalue weighted by Crippen LogP contribution is 2.52. The predicted molar refractivity (Wildman–Crippen MR) is 120 cm³/mol. The van der Waals surface area contributed by atoms with Crippen molar-refractivity contribution in [2.45, 2.75) is 26.3 Å². The molecule has 30 heavy (non-hydrogen) atoms. The lowest BCUT2D eigenvalue weighted by molar-refractivity contribution is 0.197. The fourth-order valence-corrected chi connectivity index (χ4v) is 4.54. The van der Waals surface area contributed by atoms with Crippen LogP contribution in [0.25, 0.3) is 10.4 Å². The van der Waals surface area contributed by atoms with Crippen molar-refractivity contribution in [2.24, 2.45) is 16.1 Å². The van der Waals surface area contributed by atoms with Gasteiger partial charge in [0.25, 0.3) is 6.02 Å². The minimum Gasteiger partial charge on any atom is -0.493 e. The lowest BCUT2D eigenvalue weighted by Crippen LogP contribution is -2.31. The second-order valence-corrected chi connectivity index (χ2v) is 9.84. The summed E-state index contributed by atoms with van der Waals surface area (Å²) in [6.45, 7) is 7.38. The van der Waals surface area contributed by atoms with Crippen molar-refractivity contribution in [2.75, 3.05) is 13.2 Å². The van der Waals surface area contributed by atoms with Gasteiger partial charge in [0.15, 0.2) is 5.54 Å². The highest BCUT2D eigenvalue weighted by molar-refractivity contribution is 7.13. The van der Waals surface area contributed by atoms with Gasteiger partial charge in [0.2, 0.25) is 0 Å². The van der Waals surface area contributed by atoms with E-state index in [1.54, 1.807) is 11.3 Å². The predicted octanol–water partition coefficient (Wildman–Crippen LogP) is 5.53. The van der Waals surface area contributed by atoms with E-state index in [1.807, 2.05) is 24.3 Å². The number of rotatable bonds is 3. The zero-order valence-corrected chi connectivity index (χ0v) is 18.1. The third-order valence-electron chi connectivity index (χ3n) is 5.25. The normalized spacial score (nSPS) is 19.5. The van der Waals surface area contributed by atoms with Gasteiger partial charge in [0, 0.05) is 16.0 Å². The van der Waals surface area contributed by atoms with Crippen molar-refractivity contribution in [1.29, 1.82) is 0 Å². The van der Waals surface area contributed by atoms with Crippen LogP contribution in [-0.4, -0.2) is 19.2 Å². The molecule has 5 rings (SSSR count). The summed E-state index contributed by atoms with van der Waals surface area (Å²) in [5.74, 6) is 2.30. The van der Waals surface area contributed by atoms with Gasteiger partial charge in [-0.05, 0) is 58.8 Å². The Morgan fingerprint density at radius 2 is 1.87 bits per heavy atom. The lowest BCUT2D eigenvalue weighted by Gasteiger charge is -2.34. The van der Waals surface area contributed by atoms with Crippen molar-refractivity contribution in [3.05, 3.63) is 65.0 Å². The van der Waals surface area contributed by atoms with Crippen molar-refractivity contribution < 1.29 is 14.2 Å². The monoisotopic (exact) mass is 420 g/mol. The molecule has 154 valence electrons. The highest BCUT2D eigenvalue weighted by Gasteiger charge is 2.47. The maximum absolute atomic E-state index is 6.25. The molecule has 0 unspecified atom stereocenters. The second kappa shape index (κ2) is 6.77. The van der Waals surface area contributed by atoms with Gasteiger partial charge in [0.1, 0.15) is 23.9 Å². The number of benzene rings is 2. The molecule has 1 aromatic heterocycles. The number of amidine groups is 1. The summed E-state index contributed by atoms with van der Waals surface area (Å²) >= 11 is 1.70. The van der Waals surface area contributed by atoms with Crippen molar-refractivity contribution >= 4 is 17.4 Å². The van der Waals surface area contributed by atoms with E-state index < -0.39 is 5.54 Å². The van der Waals surface area contributed by atoms with E-state index in [2.05, 4.69) is 50.4 Å². The van der Waals surface area contributed by atoms with E-state index in [-0.39, 0.29) is 11.4 Å². The average Bonchev–Trinajstić information content (AvgIpc) is 3.37. The van der Waals surface area contributed by atoms with Crippen LogP contribution in [0.4, 0.5) is 0 Å². The molecule has 3 heterocycles. The third-order valence-corrected chi connectivity index (χ3v) is 6.17. The van der Waals surface area contributed by atoms with Gasteiger partial charge >= 0.3 is 0 Å². The summed E-state index contributed by atoms with van der Waals surface area (Å²) in [4.78, 5) is 5.97. The third kappa shape index (κ3) is 3.21. The Kier molecular flexibility index (Phi) is 4.29. The number of thiophene rings is 1. The summed E-state index contributed by atoms with van der Waals surface area (Å²) in [5.41, 5.74) is 8.29. The number of ether oxygens (including phenoxy) is 3. The van der Waals surface area contributed by atoms with Crippen LogP contribution in [0.3, 0.4) is 0 Å². The zero-order valence-electron chi connectivity index (χ0n) is 17.3. The minimum absolute atomic E-state index is 0.0609. The summed E-state index contributed by atoms with van der Waals surface area (Å²) < 4.78 is 18.0. The molecule has 0 radical (unpaired) electrons. The fraction of sp³-hybridized carbons (Fsp3) is 0.292. The first-order valence-corrected chi connectivity index (χ1v) is 10.8. The number of hydrogen-bond donors (Lipinski definition) is 1. The Balaban J connectivity index is 1.63. The first-order chi connectivity index (χ1) is 14.3. The topological polar surface area (TPSA) is 66.1 Å². The Morgan fingerprint density at radius 3 is 2.53 bits per heavy atom. The van der Waals surface area contributed by atoms with Crippen LogP contribution in [0.1, 0.15) is 31.9 Å². The van der Waals surface area contributed by atoms with Gasteiger partial charge in [-0.3, -0.25) is 0 Å². The largest absolute Gasteiger partial charge is 0.493 e. The van der Waals surface area contributed by atoms with Crippen molar-refractivity contribution in [1.82, 2.24) is 0 Å². The lowest BCUT2D eigenvalue weighted by atomic mass is 9.80. The fourth-order valence-electron chi connectivity index (χ4n) is 3.82. The molecule has 0 amide bonds. The van der Waals surface area contributed by atoms with Gasteiger partial charge in [-0.25, -0.2) is 4.99 Å². The van der Waals surface area contributed by atoms with E-state index in [9.17, 15) is 0 Å². The molecule has 2 aliphatic rings. The second-order valence-electron chi connectivity index (χ2n) is 8.90. The van der Waals surface area contributed by atoms with Gasteiger partial charge < -0.3 is 19.9 Å². The maximum Gasteiger partial charge on any atom is 0.283 e. The number of aliphatic imine (C=N–C) groups is 1. The van der Waals surface area contributed by atoms with E-state index >= 15 is 0 Å². The standard InChI is InChI=1S/C24H24N2O3S/c1-23(2,3)13-27-16-7-9-20-18(12-16)24(14-28-22(25)26-24)17-11-15(6-8-19(17)29-20)21-5-4-10-30-21/h4-12H,13-14H2,1-3H3,(H2,25,26)/t24-/m0/s1. The summed E-state index contributed by atoms with van der Waals surface area (Å²) in [6.07, 6.45) is 0. The Morgan fingerprint density at radius 1 is 1.10 bits per heavy atom. The first kappa shape index (κ1) is 19.0. The van der Waals surface area contributed by atoms with Gasteiger partial charge in [0.05, 0.1) is 6.61 Å². The van der Waals surface area contributed by atoms with Crippen LogP contribution in [0.5, 0.6) is 17.2 Å². The smallest absolute Gasteiger partial charge is 0.283 e. The van der Waals surface area contributed by atoms with Crippen LogP contribution in [-0.2, 0) is 10.3 Å².